The van der Waals surface area contributed by atoms with Gasteiger partial charge in [-0.1, -0.05) is 86.6 Å². The Morgan fingerprint density at radius 3 is 1.95 bits per heavy atom. The zero-order chi connectivity index (χ0) is 31.0. The van der Waals surface area contributed by atoms with Gasteiger partial charge >= 0.3 is 6.09 Å². The summed E-state index contributed by atoms with van der Waals surface area (Å²) in [7, 11) is 1.36. The number of amides is 3. The lowest BCUT2D eigenvalue weighted by atomic mass is 9.84. The Kier molecular flexibility index (Phi) is 10.9. The molecule has 1 heterocycles. The number of likely N-dealkylation sites (N-methyl/N-ethyl adjacent to an activating group) is 1. The van der Waals surface area contributed by atoms with Crippen LogP contribution >= 0.6 is 0 Å². The molecule has 10 heteroatoms. The van der Waals surface area contributed by atoms with Gasteiger partial charge in [-0.05, 0) is 49.7 Å². The number of benzene rings is 2. The summed E-state index contributed by atoms with van der Waals surface area (Å²) in [5, 5.41) is 31.1. The van der Waals surface area contributed by atoms with E-state index in [1.807, 2.05) is 60.7 Å². The molecule has 3 aromatic rings. The Bertz CT molecular complexity index is 1320. The first-order chi connectivity index (χ1) is 19.8. The summed E-state index contributed by atoms with van der Waals surface area (Å²) in [6.45, 7) is 8.73. The van der Waals surface area contributed by atoms with Crippen molar-refractivity contribution in [1.29, 1.82) is 0 Å². The quantitative estimate of drug-likeness (QED) is 0.253. The van der Waals surface area contributed by atoms with Gasteiger partial charge in [0.25, 0.3) is 5.91 Å². The van der Waals surface area contributed by atoms with Gasteiger partial charge in [0.1, 0.15) is 17.4 Å². The number of carboxylic acid groups (broad SMARTS) is 1. The second-order valence-corrected chi connectivity index (χ2v) is 11.8. The van der Waals surface area contributed by atoms with Crippen LogP contribution in [0.2, 0.25) is 0 Å². The lowest BCUT2D eigenvalue weighted by Gasteiger charge is -2.37. The van der Waals surface area contributed by atoms with Crippen LogP contribution in [-0.2, 0) is 17.6 Å². The molecule has 10 nitrogen and oxygen atoms in total. The van der Waals surface area contributed by atoms with E-state index in [1.54, 1.807) is 34.6 Å². The average Bonchev–Trinajstić information content (AvgIpc) is 3.26. The van der Waals surface area contributed by atoms with E-state index in [2.05, 4.69) is 15.8 Å². The van der Waals surface area contributed by atoms with Gasteiger partial charge in [-0.3, -0.25) is 14.5 Å². The third kappa shape index (κ3) is 8.66. The molecule has 0 saturated carbocycles. The first-order valence-electron chi connectivity index (χ1n) is 14.0. The van der Waals surface area contributed by atoms with Crippen molar-refractivity contribution in [3.8, 4) is 0 Å². The number of carbonyl (C=O) groups is 3. The highest BCUT2D eigenvalue weighted by molar-refractivity contribution is 5.96. The number of aromatic nitrogens is 1. The molecular weight excluding hydrogens is 536 g/mol. The Morgan fingerprint density at radius 2 is 1.48 bits per heavy atom. The molecule has 4 atom stereocenters. The van der Waals surface area contributed by atoms with E-state index in [0.29, 0.717) is 29.9 Å². The maximum atomic E-state index is 13.6. The largest absolute Gasteiger partial charge is 0.465 e. The van der Waals surface area contributed by atoms with Crippen molar-refractivity contribution in [1.82, 2.24) is 20.7 Å². The molecule has 2 aromatic carbocycles. The zero-order valence-electron chi connectivity index (χ0n) is 25.1. The summed E-state index contributed by atoms with van der Waals surface area (Å²) in [5.74, 6) is -0.473. The molecular formula is C32H42N4O6. The molecule has 0 radical (unpaired) electrons. The minimum atomic E-state index is -1.23. The van der Waals surface area contributed by atoms with Gasteiger partial charge in [0.15, 0.2) is 0 Å². The normalized spacial score (nSPS) is 14.4. The maximum absolute atomic E-state index is 13.6. The van der Waals surface area contributed by atoms with Crippen LogP contribution in [0.25, 0.3) is 0 Å². The van der Waals surface area contributed by atoms with Crippen LogP contribution in [0, 0.1) is 19.3 Å². The number of hydrogen-bond acceptors (Lipinski definition) is 6. The predicted octanol–water partition coefficient (Wildman–Crippen LogP) is 4.14. The topological polar surface area (TPSA) is 145 Å². The molecule has 42 heavy (non-hydrogen) atoms. The lowest BCUT2D eigenvalue weighted by molar-refractivity contribution is -0.130. The van der Waals surface area contributed by atoms with E-state index in [9.17, 15) is 24.6 Å². The lowest BCUT2D eigenvalue weighted by Crippen LogP contribution is -2.58. The second kappa shape index (κ2) is 14.1. The van der Waals surface area contributed by atoms with Crippen LogP contribution in [-0.4, -0.2) is 69.5 Å². The molecule has 4 N–H and O–H groups in total. The standard InChI is InChI=1S/C32H42N4O6/c1-20-27(21(2)42-35-20)29(38)33-24(17-22-13-9-7-10-14-22)19-26(37)25(18-23-15-11-8-12-16-23)34-30(39)28(32(3,4)5)36(6)31(40)41/h7-16,24-26,28,37H,17-19H2,1-6H3,(H,33,38)(H,34,39)(H,40,41)/t24-,25-,26-,28+/m0/s1. The van der Waals surface area contributed by atoms with Crippen molar-refractivity contribution in [3.63, 3.8) is 0 Å². The molecule has 0 aliphatic rings. The Morgan fingerprint density at radius 1 is 0.929 bits per heavy atom. The third-order valence-corrected chi connectivity index (χ3v) is 7.29. The summed E-state index contributed by atoms with van der Waals surface area (Å²) in [5.41, 5.74) is 1.96. The molecule has 0 fully saturated rings. The van der Waals surface area contributed by atoms with Crippen LogP contribution < -0.4 is 10.6 Å². The average molecular weight is 579 g/mol. The smallest absolute Gasteiger partial charge is 0.407 e. The fourth-order valence-electron chi connectivity index (χ4n) is 5.29. The SMILES string of the molecule is Cc1noc(C)c1C(=O)N[C@@H](Cc1ccccc1)C[C@H](O)[C@H](Cc1ccccc1)NC(=O)[C@@H](N(C)C(=O)O)C(C)(C)C. The van der Waals surface area contributed by atoms with Gasteiger partial charge in [-0.2, -0.15) is 0 Å². The van der Waals surface area contributed by atoms with Crippen molar-refractivity contribution in [3.05, 3.63) is 88.8 Å². The fraction of sp³-hybridized carbons (Fsp3) is 0.438. The molecule has 3 amide bonds. The molecule has 226 valence electrons. The van der Waals surface area contributed by atoms with Gasteiger partial charge in [0.05, 0.1) is 17.8 Å². The number of nitrogens with zero attached hydrogens (tertiary/aromatic N) is 2. The van der Waals surface area contributed by atoms with Gasteiger partial charge < -0.3 is 25.4 Å². The zero-order valence-corrected chi connectivity index (χ0v) is 25.1. The van der Waals surface area contributed by atoms with Crippen molar-refractivity contribution < 1.29 is 29.1 Å². The van der Waals surface area contributed by atoms with Crippen LogP contribution in [0.15, 0.2) is 65.2 Å². The number of aliphatic hydroxyl groups is 1. The highest BCUT2D eigenvalue weighted by atomic mass is 16.5. The van der Waals surface area contributed by atoms with Crippen molar-refractivity contribution in [2.75, 3.05) is 7.05 Å². The van der Waals surface area contributed by atoms with Crippen LogP contribution in [0.4, 0.5) is 4.79 Å². The highest BCUT2D eigenvalue weighted by Gasteiger charge is 2.39. The van der Waals surface area contributed by atoms with E-state index in [4.69, 9.17) is 4.52 Å². The highest BCUT2D eigenvalue weighted by Crippen LogP contribution is 2.25. The summed E-state index contributed by atoms with van der Waals surface area (Å²) in [6.07, 6.45) is -1.45. The molecule has 0 aliphatic carbocycles. The molecule has 0 aliphatic heterocycles. The number of hydrogen-bond donors (Lipinski definition) is 4. The monoisotopic (exact) mass is 578 g/mol. The molecule has 0 saturated heterocycles. The van der Waals surface area contributed by atoms with Crippen molar-refractivity contribution in [2.24, 2.45) is 5.41 Å². The van der Waals surface area contributed by atoms with E-state index in [1.165, 1.54) is 7.05 Å². The number of aryl methyl sites for hydroxylation is 2. The summed E-state index contributed by atoms with van der Waals surface area (Å²) in [6, 6.07) is 16.8. The number of aliphatic hydroxyl groups excluding tert-OH is 1. The van der Waals surface area contributed by atoms with Crippen LogP contribution in [0.5, 0.6) is 0 Å². The molecule has 1 aromatic heterocycles. The van der Waals surface area contributed by atoms with Gasteiger partial charge in [-0.15, -0.1) is 0 Å². The fourth-order valence-corrected chi connectivity index (χ4v) is 5.29. The number of rotatable bonds is 12. The van der Waals surface area contributed by atoms with Crippen molar-refractivity contribution in [2.45, 2.75) is 78.1 Å². The summed E-state index contributed by atoms with van der Waals surface area (Å²) >= 11 is 0. The second-order valence-electron chi connectivity index (χ2n) is 11.8. The van der Waals surface area contributed by atoms with Crippen LogP contribution in [0.3, 0.4) is 0 Å². The van der Waals surface area contributed by atoms with Crippen LogP contribution in [0.1, 0.15) is 60.1 Å². The first-order valence-corrected chi connectivity index (χ1v) is 14.0. The minimum absolute atomic E-state index is 0.122. The third-order valence-electron chi connectivity index (χ3n) is 7.29. The van der Waals surface area contributed by atoms with Crippen molar-refractivity contribution >= 4 is 17.9 Å². The molecule has 3 rings (SSSR count). The van der Waals surface area contributed by atoms with Gasteiger partial charge in [-0.25, -0.2) is 4.79 Å². The van der Waals surface area contributed by atoms with E-state index in [0.717, 1.165) is 16.0 Å². The minimum Gasteiger partial charge on any atom is -0.465 e. The van der Waals surface area contributed by atoms with E-state index < -0.39 is 41.6 Å². The molecule has 0 bridgehead atoms. The van der Waals surface area contributed by atoms with E-state index in [-0.39, 0.29) is 12.3 Å². The molecule has 0 spiro atoms. The van der Waals surface area contributed by atoms with Gasteiger partial charge in [0.2, 0.25) is 5.91 Å². The number of carbonyl (C=O) groups excluding carboxylic acids is 2. The Balaban J connectivity index is 1.90. The first kappa shape index (κ1) is 32.3. The predicted molar refractivity (Wildman–Crippen MR) is 159 cm³/mol. The maximum Gasteiger partial charge on any atom is 0.407 e. The summed E-state index contributed by atoms with van der Waals surface area (Å²) < 4.78 is 5.18. The van der Waals surface area contributed by atoms with Gasteiger partial charge in [0, 0.05) is 13.1 Å². The number of nitrogens with one attached hydrogen (secondary N) is 2. The summed E-state index contributed by atoms with van der Waals surface area (Å²) in [4.78, 5) is 39.7. The Labute approximate surface area is 247 Å². The molecule has 0 unspecified atom stereocenters. The Hall–Kier alpha value is -4.18. The van der Waals surface area contributed by atoms with E-state index >= 15 is 0 Å².